The highest BCUT2D eigenvalue weighted by Crippen LogP contribution is 2.44. The number of nitrogen functional groups attached to an aromatic ring is 1. The highest BCUT2D eigenvalue weighted by Gasteiger charge is 2.53. The van der Waals surface area contributed by atoms with Gasteiger partial charge >= 0.3 is 0 Å². The average molecular weight is 589 g/mol. The zero-order chi connectivity index (χ0) is 30.2. The van der Waals surface area contributed by atoms with Crippen LogP contribution in [0.2, 0.25) is 0 Å². The molecular weight excluding hydrogens is 555 g/mol. The number of nitrogens with zero attached hydrogens (tertiary/aromatic N) is 6. The number of fused-ring (bicyclic) bond motifs is 1. The van der Waals surface area contributed by atoms with E-state index in [4.69, 9.17) is 21.4 Å². The molecule has 8 rings (SSSR count). The summed E-state index contributed by atoms with van der Waals surface area (Å²) in [5, 5.41) is 0. The normalized spacial score (nSPS) is 18.2. The second-order valence-electron chi connectivity index (χ2n) is 12.7. The maximum absolute atomic E-state index is 16.1. The van der Waals surface area contributed by atoms with Crippen LogP contribution in [0.3, 0.4) is 0 Å². The molecule has 5 aromatic rings. The highest BCUT2D eigenvalue weighted by molar-refractivity contribution is 5.85. The van der Waals surface area contributed by atoms with E-state index in [9.17, 15) is 4.79 Å². The zero-order valence-electron chi connectivity index (χ0n) is 24.5. The van der Waals surface area contributed by atoms with Gasteiger partial charge in [-0.15, -0.1) is 0 Å². The third kappa shape index (κ3) is 4.08. The molecule has 0 unspecified atom stereocenters. The minimum Gasteiger partial charge on any atom is -0.383 e. The number of rotatable bonds is 5. The minimum atomic E-state index is -0.308. The molecule has 222 valence electrons. The van der Waals surface area contributed by atoms with E-state index in [1.54, 1.807) is 19.2 Å². The number of hydrogen-bond donors (Lipinski definition) is 2. The topological polar surface area (TPSA) is 119 Å². The molecule has 2 aromatic carbocycles. The standard InChI is InChI=1S/C34H33FN8O/c1-21(44)41-17-33(18-41)19-42(20-33)28-7-2-5-24(29(28)35)26-12-13-27-32(39-26)43(31(40-27)25-6-3-16-38-30(25)36)23-10-8-22(9-11-23)34(37)14-4-15-34/h2-3,5-13,16H,4,14-15,17-20,37H2,1H3,(H2,36,38). The van der Waals surface area contributed by atoms with Crippen LogP contribution in [0.4, 0.5) is 15.9 Å². The number of aromatic nitrogens is 4. The number of hydrogen-bond acceptors (Lipinski definition) is 7. The lowest BCUT2D eigenvalue weighted by molar-refractivity contribution is -0.142. The maximum Gasteiger partial charge on any atom is 0.219 e. The lowest BCUT2D eigenvalue weighted by Crippen LogP contribution is -2.73. The Balaban J connectivity index is 1.19. The molecule has 1 saturated carbocycles. The number of imidazole rings is 1. The quantitative estimate of drug-likeness (QED) is 0.300. The number of anilines is 2. The van der Waals surface area contributed by atoms with Gasteiger partial charge < -0.3 is 21.3 Å². The van der Waals surface area contributed by atoms with Crippen molar-refractivity contribution in [3.8, 4) is 28.3 Å². The third-order valence-corrected chi connectivity index (χ3v) is 9.68. The molecule has 1 aliphatic carbocycles. The van der Waals surface area contributed by atoms with Gasteiger partial charge in [-0.1, -0.05) is 18.2 Å². The fraction of sp³-hybridized carbons (Fsp3) is 0.294. The first-order chi connectivity index (χ1) is 21.2. The largest absolute Gasteiger partial charge is 0.383 e. The van der Waals surface area contributed by atoms with E-state index >= 15 is 4.39 Å². The smallest absolute Gasteiger partial charge is 0.219 e. The Bertz CT molecular complexity index is 1930. The molecule has 1 amide bonds. The molecule has 0 bridgehead atoms. The summed E-state index contributed by atoms with van der Waals surface area (Å²) in [6.45, 7) is 4.52. The van der Waals surface area contributed by atoms with Gasteiger partial charge in [0.15, 0.2) is 17.3 Å². The van der Waals surface area contributed by atoms with Crippen LogP contribution in [0, 0.1) is 11.2 Å². The number of benzene rings is 2. The van der Waals surface area contributed by atoms with Crippen LogP contribution in [0.15, 0.2) is 72.9 Å². The van der Waals surface area contributed by atoms with Crippen molar-refractivity contribution in [1.82, 2.24) is 24.4 Å². The SMILES string of the molecule is CC(=O)N1CC2(C1)CN(c1cccc(-c3ccc4nc(-c5cccnc5N)n(-c5ccc(C6(N)CCC6)cc5)c4n3)c1F)C2. The number of halogens is 1. The number of likely N-dealkylation sites (tertiary alicyclic amines) is 1. The third-order valence-electron chi connectivity index (χ3n) is 9.68. The first-order valence-electron chi connectivity index (χ1n) is 15.0. The lowest BCUT2D eigenvalue weighted by Gasteiger charge is -2.60. The predicted octanol–water partition coefficient (Wildman–Crippen LogP) is 4.88. The van der Waals surface area contributed by atoms with Crippen LogP contribution >= 0.6 is 0 Å². The van der Waals surface area contributed by atoms with Crippen LogP contribution in [-0.2, 0) is 10.3 Å². The van der Waals surface area contributed by atoms with E-state index in [0.717, 1.165) is 56.7 Å². The van der Waals surface area contributed by atoms with Gasteiger partial charge in [0.25, 0.3) is 0 Å². The molecule has 9 nitrogen and oxygen atoms in total. The van der Waals surface area contributed by atoms with Crippen molar-refractivity contribution in [2.24, 2.45) is 11.1 Å². The molecule has 2 aliphatic heterocycles. The van der Waals surface area contributed by atoms with Gasteiger partial charge in [-0.05, 0) is 73.4 Å². The van der Waals surface area contributed by atoms with Crippen LogP contribution in [0.1, 0.15) is 31.7 Å². The summed E-state index contributed by atoms with van der Waals surface area (Å²) in [7, 11) is 0. The Morgan fingerprint density at radius 3 is 2.34 bits per heavy atom. The first-order valence-corrected chi connectivity index (χ1v) is 15.0. The first kappa shape index (κ1) is 26.8. The van der Waals surface area contributed by atoms with Crippen molar-refractivity contribution < 1.29 is 9.18 Å². The monoisotopic (exact) mass is 588 g/mol. The van der Waals surface area contributed by atoms with Crippen molar-refractivity contribution >= 4 is 28.6 Å². The van der Waals surface area contributed by atoms with Crippen molar-refractivity contribution in [2.75, 3.05) is 36.8 Å². The molecule has 0 atom stereocenters. The van der Waals surface area contributed by atoms with E-state index in [0.29, 0.717) is 45.3 Å². The van der Waals surface area contributed by atoms with E-state index in [2.05, 4.69) is 22.0 Å². The molecule has 3 aliphatic rings. The molecular formula is C34H33FN8O. The fourth-order valence-electron chi connectivity index (χ4n) is 7.01. The second-order valence-corrected chi connectivity index (χ2v) is 12.7. The fourth-order valence-corrected chi connectivity index (χ4v) is 7.01. The van der Waals surface area contributed by atoms with Gasteiger partial charge in [-0.2, -0.15) is 0 Å². The minimum absolute atomic E-state index is 0.0695. The second kappa shape index (κ2) is 9.59. The Labute approximate surface area is 254 Å². The Morgan fingerprint density at radius 2 is 1.66 bits per heavy atom. The van der Waals surface area contributed by atoms with Crippen LogP contribution in [0.5, 0.6) is 0 Å². The van der Waals surface area contributed by atoms with E-state index in [1.165, 1.54) is 0 Å². The van der Waals surface area contributed by atoms with Gasteiger partial charge in [-0.25, -0.2) is 19.3 Å². The summed E-state index contributed by atoms with van der Waals surface area (Å²) >= 11 is 0. The predicted molar refractivity (Wildman–Crippen MR) is 169 cm³/mol. The number of nitrogens with two attached hydrogens (primary N) is 2. The van der Waals surface area contributed by atoms with Gasteiger partial charge in [0, 0.05) is 61.5 Å². The highest BCUT2D eigenvalue weighted by atomic mass is 19.1. The summed E-state index contributed by atoms with van der Waals surface area (Å²) in [6.07, 6.45) is 4.73. The molecule has 3 fully saturated rings. The number of carbonyl (C=O) groups is 1. The molecule has 3 aromatic heterocycles. The lowest BCUT2D eigenvalue weighted by atomic mass is 9.72. The number of amides is 1. The molecule has 5 heterocycles. The van der Waals surface area contributed by atoms with Gasteiger partial charge in [-0.3, -0.25) is 9.36 Å². The van der Waals surface area contributed by atoms with Gasteiger partial charge in [0.2, 0.25) is 5.91 Å². The summed E-state index contributed by atoms with van der Waals surface area (Å²) in [5.41, 5.74) is 18.1. The number of pyridine rings is 2. The Morgan fingerprint density at radius 1 is 0.909 bits per heavy atom. The van der Waals surface area contributed by atoms with E-state index in [-0.39, 0.29) is 22.7 Å². The van der Waals surface area contributed by atoms with Crippen LogP contribution in [0.25, 0.3) is 39.5 Å². The van der Waals surface area contributed by atoms with Crippen LogP contribution < -0.4 is 16.4 Å². The molecule has 1 spiro atoms. The summed E-state index contributed by atoms with van der Waals surface area (Å²) in [6, 6.07) is 21.0. The van der Waals surface area contributed by atoms with E-state index < -0.39 is 0 Å². The molecule has 44 heavy (non-hydrogen) atoms. The Hall–Kier alpha value is -4.83. The molecule has 4 N–H and O–H groups in total. The summed E-state index contributed by atoms with van der Waals surface area (Å²) < 4.78 is 18.1. The van der Waals surface area contributed by atoms with Gasteiger partial charge in [0.05, 0.1) is 16.9 Å². The maximum atomic E-state index is 16.1. The van der Waals surface area contributed by atoms with Gasteiger partial charge in [0.1, 0.15) is 11.3 Å². The van der Waals surface area contributed by atoms with Crippen molar-refractivity contribution in [3.63, 3.8) is 0 Å². The Kier molecular flexibility index (Phi) is 5.83. The molecule has 10 heteroatoms. The summed E-state index contributed by atoms with van der Waals surface area (Å²) in [4.78, 5) is 29.8. The van der Waals surface area contributed by atoms with E-state index in [1.807, 2.05) is 58.0 Å². The van der Waals surface area contributed by atoms with Crippen molar-refractivity contribution in [3.05, 3.63) is 84.3 Å². The van der Waals surface area contributed by atoms with Crippen LogP contribution in [-0.4, -0.2) is 56.5 Å². The zero-order valence-corrected chi connectivity index (χ0v) is 24.5. The molecule has 0 radical (unpaired) electrons. The number of carbonyl (C=O) groups excluding carboxylic acids is 1. The van der Waals surface area contributed by atoms with Crippen molar-refractivity contribution in [1.29, 1.82) is 0 Å². The van der Waals surface area contributed by atoms with Crippen molar-refractivity contribution in [2.45, 2.75) is 31.7 Å². The molecule has 2 saturated heterocycles. The summed E-state index contributed by atoms with van der Waals surface area (Å²) in [5.74, 6) is 0.752. The average Bonchev–Trinajstić information content (AvgIpc) is 3.34.